The highest BCUT2D eigenvalue weighted by Gasteiger charge is 2.18. The van der Waals surface area contributed by atoms with Gasteiger partial charge < -0.3 is 19.4 Å². The zero-order valence-electron chi connectivity index (χ0n) is 17.9. The number of nitrogens with one attached hydrogen (secondary N) is 1. The molecule has 1 saturated heterocycles. The number of aromatic nitrogens is 3. The molecule has 8 nitrogen and oxygen atoms in total. The van der Waals surface area contributed by atoms with Gasteiger partial charge in [-0.25, -0.2) is 0 Å². The van der Waals surface area contributed by atoms with Crippen LogP contribution in [0.25, 0.3) is 11.4 Å². The van der Waals surface area contributed by atoms with E-state index >= 15 is 0 Å². The van der Waals surface area contributed by atoms with Crippen molar-refractivity contribution in [3.8, 4) is 22.9 Å². The summed E-state index contributed by atoms with van der Waals surface area (Å²) in [6, 6.07) is 5.36. The van der Waals surface area contributed by atoms with Gasteiger partial charge in [0.1, 0.15) is 5.69 Å². The van der Waals surface area contributed by atoms with Gasteiger partial charge in [0, 0.05) is 31.5 Å². The topological polar surface area (TPSA) is 97.4 Å². The van der Waals surface area contributed by atoms with Crippen LogP contribution < -0.4 is 15.0 Å². The lowest BCUT2D eigenvalue weighted by molar-refractivity contribution is -0.132. The molecule has 0 aliphatic carbocycles. The monoisotopic (exact) mass is 414 g/mol. The Kier molecular flexibility index (Phi) is 7.43. The molecular formula is C22H30N4O4. The van der Waals surface area contributed by atoms with Crippen LogP contribution in [0.3, 0.4) is 0 Å². The summed E-state index contributed by atoms with van der Waals surface area (Å²) >= 11 is 0. The number of piperidine rings is 1. The molecule has 1 aliphatic heterocycles. The first-order valence-corrected chi connectivity index (χ1v) is 10.6. The fourth-order valence-corrected chi connectivity index (χ4v) is 3.39. The Morgan fingerprint density at radius 2 is 1.97 bits per heavy atom. The van der Waals surface area contributed by atoms with Gasteiger partial charge in [-0.15, -0.1) is 10.2 Å². The molecule has 1 aromatic heterocycles. The van der Waals surface area contributed by atoms with Crippen LogP contribution in [0.5, 0.6) is 11.5 Å². The second-order valence-electron chi connectivity index (χ2n) is 7.59. The van der Waals surface area contributed by atoms with Crippen LogP contribution in [0.2, 0.25) is 0 Å². The molecule has 3 rings (SSSR count). The Labute approximate surface area is 176 Å². The van der Waals surface area contributed by atoms with Gasteiger partial charge >= 0.3 is 0 Å². The minimum atomic E-state index is -0.328. The molecule has 0 saturated carbocycles. The summed E-state index contributed by atoms with van der Waals surface area (Å²) in [6.45, 7) is 5.65. The van der Waals surface area contributed by atoms with Crippen LogP contribution >= 0.6 is 0 Å². The van der Waals surface area contributed by atoms with Gasteiger partial charge in [0.25, 0.3) is 5.56 Å². The molecule has 1 aromatic carbocycles. The number of nitrogens with zero attached hydrogens (tertiary/aromatic N) is 3. The van der Waals surface area contributed by atoms with Crippen LogP contribution in [0.1, 0.15) is 51.6 Å². The van der Waals surface area contributed by atoms with E-state index in [2.05, 4.69) is 15.2 Å². The van der Waals surface area contributed by atoms with E-state index in [0.717, 1.165) is 32.4 Å². The predicted molar refractivity (Wildman–Crippen MR) is 114 cm³/mol. The number of aromatic amines is 1. The van der Waals surface area contributed by atoms with Crippen LogP contribution in [0.4, 0.5) is 0 Å². The lowest BCUT2D eigenvalue weighted by Gasteiger charge is -2.26. The van der Waals surface area contributed by atoms with Crippen molar-refractivity contribution in [2.45, 2.75) is 58.5 Å². The van der Waals surface area contributed by atoms with Crippen molar-refractivity contribution >= 4 is 5.91 Å². The molecule has 0 bridgehead atoms. The summed E-state index contributed by atoms with van der Waals surface area (Å²) < 4.78 is 11.3. The summed E-state index contributed by atoms with van der Waals surface area (Å²) in [5, 5.41) is 8.23. The molecule has 162 valence electrons. The molecule has 0 spiro atoms. The quantitative estimate of drug-likeness (QED) is 0.713. The van der Waals surface area contributed by atoms with Gasteiger partial charge in [-0.3, -0.25) is 9.59 Å². The Morgan fingerprint density at radius 1 is 1.20 bits per heavy atom. The highest BCUT2D eigenvalue weighted by molar-refractivity contribution is 5.76. The number of aryl methyl sites for hydroxylation is 1. The molecule has 0 radical (unpaired) electrons. The third-order valence-electron chi connectivity index (χ3n) is 5.39. The second kappa shape index (κ2) is 10.2. The highest BCUT2D eigenvalue weighted by Crippen LogP contribution is 2.32. The largest absolute Gasteiger partial charge is 0.493 e. The lowest BCUT2D eigenvalue weighted by Crippen LogP contribution is -2.36. The molecule has 1 amide bonds. The average Bonchev–Trinajstić information content (AvgIpc) is 2.78. The Hall–Kier alpha value is -2.90. The molecular weight excluding hydrogens is 384 g/mol. The van der Waals surface area contributed by atoms with E-state index in [1.807, 2.05) is 18.7 Å². The maximum Gasteiger partial charge on any atom is 0.273 e. The SMILES string of the molecule is CC[C@H](C)Oc1ccc(-c2nnc(CCC(=O)N3CCCCC3)c(=O)[nH]2)cc1OC. The van der Waals surface area contributed by atoms with Gasteiger partial charge in [-0.2, -0.15) is 0 Å². The molecule has 2 heterocycles. The number of methoxy groups -OCH3 is 1. The van der Waals surface area contributed by atoms with E-state index in [0.29, 0.717) is 22.9 Å². The van der Waals surface area contributed by atoms with Crippen LogP contribution in [0.15, 0.2) is 23.0 Å². The molecule has 0 unspecified atom stereocenters. The predicted octanol–water partition coefficient (Wildman–Crippen LogP) is 2.96. The van der Waals surface area contributed by atoms with Crippen molar-refractivity contribution in [3.05, 3.63) is 34.2 Å². The fourth-order valence-electron chi connectivity index (χ4n) is 3.39. The molecule has 1 N–H and O–H groups in total. The number of carbonyl (C=O) groups excluding carboxylic acids is 1. The van der Waals surface area contributed by atoms with Crippen LogP contribution in [-0.2, 0) is 11.2 Å². The van der Waals surface area contributed by atoms with Crippen molar-refractivity contribution in [1.82, 2.24) is 20.1 Å². The molecule has 30 heavy (non-hydrogen) atoms. The van der Waals surface area contributed by atoms with Crippen molar-refractivity contribution in [3.63, 3.8) is 0 Å². The zero-order valence-corrected chi connectivity index (χ0v) is 17.9. The number of ether oxygens (including phenoxy) is 2. The summed E-state index contributed by atoms with van der Waals surface area (Å²) in [6.07, 6.45) is 4.76. The normalized spacial score (nSPS) is 15.0. The van der Waals surface area contributed by atoms with Gasteiger partial charge in [0.05, 0.1) is 13.2 Å². The first-order chi connectivity index (χ1) is 14.5. The van der Waals surface area contributed by atoms with Crippen molar-refractivity contribution in [2.75, 3.05) is 20.2 Å². The third kappa shape index (κ3) is 5.37. The Morgan fingerprint density at radius 3 is 2.63 bits per heavy atom. The smallest absolute Gasteiger partial charge is 0.273 e. The summed E-state index contributed by atoms with van der Waals surface area (Å²) in [4.78, 5) is 29.4. The van der Waals surface area contributed by atoms with E-state index in [9.17, 15) is 9.59 Å². The first-order valence-electron chi connectivity index (χ1n) is 10.6. The fraction of sp³-hybridized carbons (Fsp3) is 0.545. The zero-order chi connectivity index (χ0) is 21.5. The number of hydrogen-bond acceptors (Lipinski definition) is 6. The van der Waals surface area contributed by atoms with Gasteiger partial charge in [0.15, 0.2) is 17.3 Å². The minimum absolute atomic E-state index is 0.0660. The Balaban J connectivity index is 1.70. The van der Waals surface area contributed by atoms with E-state index in [1.54, 1.807) is 25.3 Å². The van der Waals surface area contributed by atoms with Crippen molar-refractivity contribution in [2.24, 2.45) is 0 Å². The Bertz CT molecular complexity index is 922. The number of likely N-dealkylation sites (tertiary alicyclic amines) is 1. The van der Waals surface area contributed by atoms with Gasteiger partial charge in [-0.1, -0.05) is 6.92 Å². The second-order valence-corrected chi connectivity index (χ2v) is 7.59. The highest BCUT2D eigenvalue weighted by atomic mass is 16.5. The standard InChI is InChI=1S/C22H30N4O4/c1-4-15(2)30-18-10-8-16(14-19(18)29-3)21-23-22(28)17(24-25-21)9-11-20(27)26-12-6-5-7-13-26/h8,10,14-15H,4-7,9,11-13H2,1-3H3,(H,23,25,28)/t15-/m0/s1. The summed E-state index contributed by atoms with van der Waals surface area (Å²) in [7, 11) is 1.57. The third-order valence-corrected chi connectivity index (χ3v) is 5.39. The lowest BCUT2D eigenvalue weighted by atomic mass is 10.1. The first kappa shape index (κ1) is 21.8. The van der Waals surface area contributed by atoms with E-state index in [-0.39, 0.29) is 36.1 Å². The molecule has 2 aromatic rings. The van der Waals surface area contributed by atoms with Gasteiger partial charge in [0.2, 0.25) is 5.91 Å². The molecule has 1 aliphatic rings. The number of hydrogen-bond donors (Lipinski definition) is 1. The number of rotatable bonds is 8. The molecule has 1 fully saturated rings. The number of H-pyrrole nitrogens is 1. The molecule has 1 atom stereocenters. The number of carbonyl (C=O) groups is 1. The number of benzene rings is 1. The van der Waals surface area contributed by atoms with Crippen molar-refractivity contribution < 1.29 is 14.3 Å². The maximum absolute atomic E-state index is 12.5. The van der Waals surface area contributed by atoms with Crippen LogP contribution in [-0.4, -0.2) is 52.3 Å². The van der Waals surface area contributed by atoms with E-state index in [1.165, 1.54) is 6.42 Å². The van der Waals surface area contributed by atoms with E-state index in [4.69, 9.17) is 9.47 Å². The van der Waals surface area contributed by atoms with Gasteiger partial charge in [-0.05, 0) is 50.8 Å². The maximum atomic E-state index is 12.5. The minimum Gasteiger partial charge on any atom is -0.493 e. The summed E-state index contributed by atoms with van der Waals surface area (Å²) in [5.41, 5.74) is 0.613. The van der Waals surface area contributed by atoms with E-state index < -0.39 is 0 Å². The van der Waals surface area contributed by atoms with Crippen LogP contribution in [0, 0.1) is 0 Å². The summed E-state index contributed by atoms with van der Waals surface area (Å²) in [5.74, 6) is 1.62. The molecule has 8 heteroatoms. The number of amides is 1. The van der Waals surface area contributed by atoms with Crippen molar-refractivity contribution in [1.29, 1.82) is 0 Å². The average molecular weight is 415 g/mol.